The van der Waals surface area contributed by atoms with E-state index in [1.165, 1.54) is 17.2 Å². The molecule has 17 heavy (non-hydrogen) atoms. The highest BCUT2D eigenvalue weighted by Gasteiger charge is 2.13. The predicted molar refractivity (Wildman–Crippen MR) is 80.1 cm³/mol. The average Bonchev–Trinajstić information content (AvgIpc) is 2.23. The van der Waals surface area contributed by atoms with Gasteiger partial charge in [-0.1, -0.05) is 55.5 Å². The molecule has 1 aromatic rings. The third-order valence-electron chi connectivity index (χ3n) is 2.61. The summed E-state index contributed by atoms with van der Waals surface area (Å²) in [6.07, 6.45) is 1.11. The van der Waals surface area contributed by atoms with E-state index in [4.69, 9.17) is 0 Å². The fourth-order valence-corrected chi connectivity index (χ4v) is 3.61. The maximum absolute atomic E-state index is 4.18. The first-order chi connectivity index (χ1) is 7.97. The lowest BCUT2D eigenvalue weighted by molar-refractivity contribution is 0.684. The van der Waals surface area contributed by atoms with Crippen LogP contribution in [0.25, 0.3) is 0 Å². The lowest BCUT2D eigenvalue weighted by atomic mass is 10.2. The number of rotatable bonds is 7. The molecule has 1 aromatic carbocycles. The highest BCUT2D eigenvalue weighted by molar-refractivity contribution is 6.76. The Kier molecular flexibility index (Phi) is 5.66. The summed E-state index contributed by atoms with van der Waals surface area (Å²) in [7, 11) is -0.972. The van der Waals surface area contributed by atoms with Crippen molar-refractivity contribution < 1.29 is 0 Å². The van der Waals surface area contributed by atoms with Gasteiger partial charge in [-0.25, -0.2) is 0 Å². The van der Waals surface area contributed by atoms with Gasteiger partial charge in [0, 0.05) is 14.6 Å². The van der Waals surface area contributed by atoms with Crippen molar-refractivity contribution in [3.63, 3.8) is 0 Å². The van der Waals surface area contributed by atoms with Crippen LogP contribution < -0.4 is 5.32 Å². The third kappa shape index (κ3) is 7.13. The summed E-state index contributed by atoms with van der Waals surface area (Å²) in [5.41, 5.74) is 2.76. The fraction of sp³-hybridized carbons (Fsp3) is 0.467. The van der Waals surface area contributed by atoms with Gasteiger partial charge in [0.05, 0.1) is 0 Å². The summed E-state index contributed by atoms with van der Waals surface area (Å²) in [5.74, 6) is 0. The number of nitrogens with one attached hydrogen (secondary N) is 1. The summed E-state index contributed by atoms with van der Waals surface area (Å²) in [6, 6.07) is 11.8. The fourth-order valence-electron chi connectivity index (χ4n) is 1.93. The zero-order valence-corrected chi connectivity index (χ0v) is 12.4. The van der Waals surface area contributed by atoms with E-state index in [0.717, 1.165) is 19.5 Å². The normalized spacial score (nSPS) is 11.5. The minimum absolute atomic E-state index is 0.959. The molecule has 0 amide bonds. The van der Waals surface area contributed by atoms with Crippen molar-refractivity contribution in [2.75, 3.05) is 6.54 Å². The zero-order chi connectivity index (χ0) is 12.7. The Balaban J connectivity index is 2.14. The molecule has 0 saturated carbocycles. The Labute approximate surface area is 107 Å². The predicted octanol–water partition coefficient (Wildman–Crippen LogP) is 4.06. The quantitative estimate of drug-likeness (QED) is 0.435. The molecule has 0 aliphatic carbocycles. The molecule has 94 valence electrons. The largest absolute Gasteiger partial charge is 0.312 e. The Morgan fingerprint density at radius 3 is 2.41 bits per heavy atom. The van der Waals surface area contributed by atoms with Crippen molar-refractivity contribution in [3.8, 4) is 0 Å². The average molecular weight is 247 g/mol. The lowest BCUT2D eigenvalue weighted by Gasteiger charge is -2.17. The molecular weight excluding hydrogens is 222 g/mol. The van der Waals surface area contributed by atoms with Crippen molar-refractivity contribution >= 4 is 8.07 Å². The molecule has 0 bridgehead atoms. The van der Waals surface area contributed by atoms with Gasteiger partial charge in [-0.15, -0.1) is 6.58 Å². The minimum Gasteiger partial charge on any atom is -0.312 e. The molecule has 0 radical (unpaired) electrons. The molecule has 2 heteroatoms. The van der Waals surface area contributed by atoms with E-state index in [1.54, 1.807) is 0 Å². The van der Waals surface area contributed by atoms with Crippen LogP contribution in [0, 0.1) is 0 Å². The number of hydrogen-bond acceptors (Lipinski definition) is 1. The van der Waals surface area contributed by atoms with Gasteiger partial charge in [0.25, 0.3) is 0 Å². The van der Waals surface area contributed by atoms with Crippen LogP contribution in [0.2, 0.25) is 25.7 Å². The first-order valence-electron chi connectivity index (χ1n) is 6.39. The molecule has 1 nitrogen and oxygen atoms in total. The second kappa shape index (κ2) is 6.77. The molecule has 0 aromatic heterocycles. The molecule has 1 N–H and O–H groups in total. The molecule has 0 aliphatic heterocycles. The SMILES string of the molecule is C=C(CCNCc1ccccc1)C[Si](C)(C)C. The molecule has 0 fully saturated rings. The highest BCUT2D eigenvalue weighted by atomic mass is 28.3. The maximum atomic E-state index is 4.18. The molecule has 0 aliphatic rings. The van der Waals surface area contributed by atoms with Crippen molar-refractivity contribution in [1.82, 2.24) is 5.32 Å². The van der Waals surface area contributed by atoms with Crippen molar-refractivity contribution in [2.24, 2.45) is 0 Å². The van der Waals surface area contributed by atoms with Crippen LogP contribution in [0.15, 0.2) is 42.5 Å². The van der Waals surface area contributed by atoms with Crippen LogP contribution in [-0.4, -0.2) is 14.6 Å². The van der Waals surface area contributed by atoms with Gasteiger partial charge in [-0.3, -0.25) is 0 Å². The van der Waals surface area contributed by atoms with Crippen LogP contribution >= 0.6 is 0 Å². The topological polar surface area (TPSA) is 12.0 Å². The van der Waals surface area contributed by atoms with Crippen LogP contribution in [0.5, 0.6) is 0 Å². The van der Waals surface area contributed by atoms with Crippen molar-refractivity contribution in [1.29, 1.82) is 0 Å². The van der Waals surface area contributed by atoms with Crippen molar-refractivity contribution in [2.45, 2.75) is 38.7 Å². The molecule has 0 atom stereocenters. The van der Waals surface area contributed by atoms with Crippen LogP contribution in [-0.2, 0) is 6.54 Å². The molecular formula is C15H25NSi. The number of hydrogen-bond donors (Lipinski definition) is 1. The molecule has 1 rings (SSSR count). The smallest absolute Gasteiger partial charge is 0.0483 e. The second-order valence-corrected chi connectivity index (χ2v) is 11.4. The first-order valence-corrected chi connectivity index (χ1v) is 10.1. The second-order valence-electron chi connectivity index (χ2n) is 5.90. The van der Waals surface area contributed by atoms with E-state index >= 15 is 0 Å². The summed E-state index contributed by atoms with van der Waals surface area (Å²) < 4.78 is 0. The number of benzene rings is 1. The van der Waals surface area contributed by atoms with Gasteiger partial charge in [-0.05, 0) is 24.6 Å². The summed E-state index contributed by atoms with van der Waals surface area (Å²) in [4.78, 5) is 0. The first kappa shape index (κ1) is 14.2. The maximum Gasteiger partial charge on any atom is 0.0483 e. The van der Waals surface area contributed by atoms with Crippen molar-refractivity contribution in [3.05, 3.63) is 48.0 Å². The van der Waals surface area contributed by atoms with E-state index in [-0.39, 0.29) is 0 Å². The minimum atomic E-state index is -0.972. The highest BCUT2D eigenvalue weighted by Crippen LogP contribution is 2.16. The van der Waals surface area contributed by atoms with Gasteiger partial charge in [0.15, 0.2) is 0 Å². The Morgan fingerprint density at radius 2 is 1.82 bits per heavy atom. The van der Waals surface area contributed by atoms with Gasteiger partial charge in [0.2, 0.25) is 0 Å². The van der Waals surface area contributed by atoms with E-state index in [1.807, 2.05) is 0 Å². The summed E-state index contributed by atoms with van der Waals surface area (Å²) >= 11 is 0. The third-order valence-corrected chi connectivity index (χ3v) is 4.17. The van der Waals surface area contributed by atoms with E-state index in [2.05, 4.69) is 61.9 Å². The van der Waals surface area contributed by atoms with Gasteiger partial charge >= 0.3 is 0 Å². The van der Waals surface area contributed by atoms with Crippen LogP contribution in [0.4, 0.5) is 0 Å². The van der Waals surface area contributed by atoms with Gasteiger partial charge in [0.1, 0.15) is 0 Å². The molecule has 0 saturated heterocycles. The molecule has 0 spiro atoms. The molecule has 0 unspecified atom stereocenters. The van der Waals surface area contributed by atoms with Gasteiger partial charge < -0.3 is 5.32 Å². The standard InChI is InChI=1S/C15H25NSi/c1-14(13-17(2,3)4)10-11-16-12-15-8-6-5-7-9-15/h5-9,16H,1,10-13H2,2-4H3. The van der Waals surface area contributed by atoms with E-state index < -0.39 is 8.07 Å². The molecule has 0 heterocycles. The zero-order valence-electron chi connectivity index (χ0n) is 11.4. The van der Waals surface area contributed by atoms with Crippen LogP contribution in [0.1, 0.15) is 12.0 Å². The van der Waals surface area contributed by atoms with E-state index in [9.17, 15) is 0 Å². The summed E-state index contributed by atoms with van der Waals surface area (Å²) in [5, 5.41) is 3.47. The van der Waals surface area contributed by atoms with Gasteiger partial charge in [-0.2, -0.15) is 0 Å². The monoisotopic (exact) mass is 247 g/mol. The van der Waals surface area contributed by atoms with E-state index in [0.29, 0.717) is 0 Å². The Bertz CT molecular complexity index is 338. The lowest BCUT2D eigenvalue weighted by Crippen LogP contribution is -2.21. The Morgan fingerprint density at radius 1 is 1.18 bits per heavy atom. The Hall–Kier alpha value is -0.863. The van der Waals surface area contributed by atoms with Crippen LogP contribution in [0.3, 0.4) is 0 Å². The summed E-state index contributed by atoms with van der Waals surface area (Å²) in [6.45, 7) is 13.4.